The SMILES string of the molecule is CC(NCC1CN(c2cccc(C(=O)O)c2)C(=O)CO1)c1cccc2ccccc12. The van der Waals surface area contributed by atoms with Crippen molar-refractivity contribution in [3.8, 4) is 0 Å². The van der Waals surface area contributed by atoms with Crippen LogP contribution in [0, 0.1) is 0 Å². The molecule has 1 fully saturated rings. The van der Waals surface area contributed by atoms with E-state index in [9.17, 15) is 14.7 Å². The molecule has 6 nitrogen and oxygen atoms in total. The van der Waals surface area contributed by atoms with Crippen molar-refractivity contribution in [3.63, 3.8) is 0 Å². The molecule has 0 saturated carbocycles. The lowest BCUT2D eigenvalue weighted by molar-refractivity contribution is -0.129. The van der Waals surface area contributed by atoms with Gasteiger partial charge in [0.25, 0.3) is 5.91 Å². The molecule has 3 aromatic rings. The molecular formula is C24H24N2O4. The average molecular weight is 404 g/mol. The summed E-state index contributed by atoms with van der Waals surface area (Å²) in [6.45, 7) is 3.04. The molecule has 4 rings (SSSR count). The van der Waals surface area contributed by atoms with Gasteiger partial charge in [-0.2, -0.15) is 0 Å². The molecule has 1 amide bonds. The van der Waals surface area contributed by atoms with Crippen molar-refractivity contribution >= 4 is 28.3 Å². The zero-order valence-electron chi connectivity index (χ0n) is 16.7. The van der Waals surface area contributed by atoms with Crippen molar-refractivity contribution in [2.24, 2.45) is 0 Å². The Morgan fingerprint density at radius 2 is 1.93 bits per heavy atom. The predicted molar refractivity (Wildman–Crippen MR) is 116 cm³/mol. The molecule has 2 unspecified atom stereocenters. The van der Waals surface area contributed by atoms with E-state index in [-0.39, 0.29) is 30.2 Å². The number of hydrogen-bond acceptors (Lipinski definition) is 4. The fourth-order valence-corrected chi connectivity index (χ4v) is 3.85. The van der Waals surface area contributed by atoms with E-state index in [1.165, 1.54) is 28.5 Å². The summed E-state index contributed by atoms with van der Waals surface area (Å²) in [6, 6.07) is 21.1. The predicted octanol–water partition coefficient (Wildman–Crippen LogP) is 3.62. The van der Waals surface area contributed by atoms with E-state index in [2.05, 4.69) is 42.6 Å². The minimum Gasteiger partial charge on any atom is -0.478 e. The number of ether oxygens (including phenoxy) is 1. The Labute approximate surface area is 175 Å². The molecule has 154 valence electrons. The van der Waals surface area contributed by atoms with Gasteiger partial charge >= 0.3 is 5.97 Å². The highest BCUT2D eigenvalue weighted by Gasteiger charge is 2.28. The molecule has 0 radical (unpaired) electrons. The highest BCUT2D eigenvalue weighted by Crippen LogP contribution is 2.25. The summed E-state index contributed by atoms with van der Waals surface area (Å²) < 4.78 is 5.72. The van der Waals surface area contributed by atoms with Gasteiger partial charge in [-0.25, -0.2) is 4.79 Å². The van der Waals surface area contributed by atoms with Crippen LogP contribution >= 0.6 is 0 Å². The van der Waals surface area contributed by atoms with Crippen molar-refractivity contribution < 1.29 is 19.4 Å². The molecule has 3 aromatic carbocycles. The minimum absolute atomic E-state index is 0.0215. The van der Waals surface area contributed by atoms with Gasteiger partial charge in [-0.1, -0.05) is 48.5 Å². The smallest absolute Gasteiger partial charge is 0.335 e. The summed E-state index contributed by atoms with van der Waals surface area (Å²) >= 11 is 0. The van der Waals surface area contributed by atoms with Gasteiger partial charge in [-0.05, 0) is 41.5 Å². The molecular weight excluding hydrogens is 380 g/mol. The number of carbonyl (C=O) groups excluding carboxylic acids is 1. The second kappa shape index (κ2) is 8.65. The third-order valence-corrected chi connectivity index (χ3v) is 5.48. The molecule has 1 saturated heterocycles. The molecule has 0 bridgehead atoms. The maximum Gasteiger partial charge on any atom is 0.335 e. The van der Waals surface area contributed by atoms with Crippen molar-refractivity contribution in [1.29, 1.82) is 0 Å². The molecule has 1 aliphatic rings. The number of carboxylic acids is 1. The Morgan fingerprint density at radius 1 is 1.17 bits per heavy atom. The van der Waals surface area contributed by atoms with Gasteiger partial charge in [0.15, 0.2) is 0 Å². The van der Waals surface area contributed by atoms with Gasteiger partial charge in [0, 0.05) is 18.3 Å². The number of rotatable bonds is 6. The Kier molecular flexibility index (Phi) is 5.79. The first-order valence-electron chi connectivity index (χ1n) is 9.99. The van der Waals surface area contributed by atoms with Gasteiger partial charge in [0.1, 0.15) is 6.61 Å². The van der Waals surface area contributed by atoms with Crippen LogP contribution in [0.1, 0.15) is 28.9 Å². The van der Waals surface area contributed by atoms with Crippen LogP contribution in [0.4, 0.5) is 5.69 Å². The Morgan fingerprint density at radius 3 is 2.77 bits per heavy atom. The molecule has 30 heavy (non-hydrogen) atoms. The molecule has 0 aliphatic carbocycles. The van der Waals surface area contributed by atoms with Crippen LogP contribution in [0.5, 0.6) is 0 Å². The van der Waals surface area contributed by atoms with Crippen LogP contribution in [-0.4, -0.2) is 42.8 Å². The lowest BCUT2D eigenvalue weighted by Gasteiger charge is -2.33. The number of carbonyl (C=O) groups is 2. The normalized spacial score (nSPS) is 17.8. The third kappa shape index (κ3) is 4.20. The van der Waals surface area contributed by atoms with Crippen molar-refractivity contribution in [1.82, 2.24) is 5.32 Å². The molecule has 1 aliphatic heterocycles. The topological polar surface area (TPSA) is 78.9 Å². The van der Waals surface area contributed by atoms with E-state index in [1.807, 2.05) is 12.1 Å². The van der Waals surface area contributed by atoms with E-state index in [0.717, 1.165) is 0 Å². The number of hydrogen-bond donors (Lipinski definition) is 2. The maximum absolute atomic E-state index is 12.4. The molecule has 0 aromatic heterocycles. The van der Waals surface area contributed by atoms with Gasteiger partial charge in [0.2, 0.25) is 0 Å². The van der Waals surface area contributed by atoms with Crippen LogP contribution < -0.4 is 10.2 Å². The summed E-state index contributed by atoms with van der Waals surface area (Å²) in [6.07, 6.45) is -0.186. The monoisotopic (exact) mass is 404 g/mol. The maximum atomic E-state index is 12.4. The van der Waals surface area contributed by atoms with Crippen LogP contribution in [-0.2, 0) is 9.53 Å². The molecule has 1 heterocycles. The van der Waals surface area contributed by atoms with E-state index >= 15 is 0 Å². The van der Waals surface area contributed by atoms with E-state index in [4.69, 9.17) is 4.74 Å². The summed E-state index contributed by atoms with van der Waals surface area (Å²) in [4.78, 5) is 25.2. The lowest BCUT2D eigenvalue weighted by Crippen LogP contribution is -2.50. The minimum atomic E-state index is -1.01. The molecule has 2 atom stereocenters. The van der Waals surface area contributed by atoms with Crippen LogP contribution in [0.3, 0.4) is 0 Å². The van der Waals surface area contributed by atoms with Crippen molar-refractivity contribution in [2.45, 2.75) is 19.1 Å². The first-order valence-corrected chi connectivity index (χ1v) is 9.99. The summed E-state index contributed by atoms with van der Waals surface area (Å²) in [5.41, 5.74) is 1.95. The number of amides is 1. The number of aromatic carboxylic acids is 1. The standard InChI is InChI=1S/C24H24N2O4/c1-16(21-11-5-7-17-6-2-3-10-22(17)21)25-13-20-14-26(23(27)15-30-20)19-9-4-8-18(12-19)24(28)29/h2-12,16,20,25H,13-15H2,1H3,(H,28,29). The largest absolute Gasteiger partial charge is 0.478 e. The van der Waals surface area contributed by atoms with E-state index in [1.54, 1.807) is 17.0 Å². The van der Waals surface area contributed by atoms with Gasteiger partial charge in [-0.15, -0.1) is 0 Å². The van der Waals surface area contributed by atoms with Crippen LogP contribution in [0.2, 0.25) is 0 Å². The number of anilines is 1. The van der Waals surface area contributed by atoms with Gasteiger partial charge in [0.05, 0.1) is 18.2 Å². The van der Waals surface area contributed by atoms with Crippen LogP contribution in [0.25, 0.3) is 10.8 Å². The summed E-state index contributed by atoms with van der Waals surface area (Å²) in [7, 11) is 0. The fourth-order valence-electron chi connectivity index (χ4n) is 3.85. The fraction of sp³-hybridized carbons (Fsp3) is 0.250. The lowest BCUT2D eigenvalue weighted by atomic mass is 9.99. The van der Waals surface area contributed by atoms with Crippen molar-refractivity contribution in [2.75, 3.05) is 24.6 Å². The average Bonchev–Trinajstić information content (AvgIpc) is 2.78. The highest BCUT2D eigenvalue weighted by atomic mass is 16.5. The number of nitrogens with one attached hydrogen (secondary N) is 1. The number of carboxylic acid groups (broad SMARTS) is 1. The third-order valence-electron chi connectivity index (χ3n) is 5.48. The first-order chi connectivity index (χ1) is 14.5. The first kappa shape index (κ1) is 20.1. The number of benzene rings is 3. The van der Waals surface area contributed by atoms with E-state index < -0.39 is 5.97 Å². The quantitative estimate of drug-likeness (QED) is 0.656. The second-order valence-corrected chi connectivity index (χ2v) is 7.49. The molecule has 2 N–H and O–H groups in total. The summed E-state index contributed by atoms with van der Waals surface area (Å²) in [5.74, 6) is -1.18. The Bertz CT molecular complexity index is 1080. The Balaban J connectivity index is 1.44. The van der Waals surface area contributed by atoms with E-state index in [0.29, 0.717) is 18.8 Å². The zero-order chi connectivity index (χ0) is 21.1. The highest BCUT2D eigenvalue weighted by molar-refractivity contribution is 5.97. The number of fused-ring (bicyclic) bond motifs is 1. The molecule has 0 spiro atoms. The summed E-state index contributed by atoms with van der Waals surface area (Å²) in [5, 5.41) is 15.2. The van der Waals surface area contributed by atoms with Gasteiger partial charge < -0.3 is 20.1 Å². The van der Waals surface area contributed by atoms with Crippen LogP contribution in [0.15, 0.2) is 66.7 Å². The van der Waals surface area contributed by atoms with Gasteiger partial charge in [-0.3, -0.25) is 4.79 Å². The van der Waals surface area contributed by atoms with Crippen molar-refractivity contribution in [3.05, 3.63) is 77.9 Å². The number of morpholine rings is 1. The zero-order valence-corrected chi connectivity index (χ0v) is 16.7. The second-order valence-electron chi connectivity index (χ2n) is 7.49. The number of nitrogens with zero attached hydrogens (tertiary/aromatic N) is 1. The Hall–Kier alpha value is -3.22. The molecule has 6 heteroatoms.